The molecule has 1 aromatic heterocycles. The van der Waals surface area contributed by atoms with Crippen LogP contribution in [0.25, 0.3) is 0 Å². The van der Waals surface area contributed by atoms with E-state index in [1.54, 1.807) is 10.9 Å². The van der Waals surface area contributed by atoms with Gasteiger partial charge in [0.25, 0.3) is 0 Å². The normalized spacial score (nSPS) is 20.6. The second-order valence-corrected chi connectivity index (χ2v) is 2.84. The Morgan fingerprint density at radius 2 is 2.67 bits per heavy atom. The maximum atomic E-state index is 11.2. The molecule has 0 aromatic carbocycles. The molecule has 0 saturated carbocycles. The molecule has 4 heteroatoms. The number of nitrogens with zero attached hydrogens (tertiary/aromatic N) is 2. The van der Waals surface area contributed by atoms with Gasteiger partial charge in [-0.05, 0) is 18.9 Å². The minimum atomic E-state index is -0.197. The number of hydrogen-bond acceptors (Lipinski definition) is 3. The number of carbonyl (C=O) groups is 1. The second-order valence-electron chi connectivity index (χ2n) is 2.84. The molecule has 0 aliphatic carbocycles. The average molecular weight is 166 g/mol. The summed E-state index contributed by atoms with van der Waals surface area (Å²) >= 11 is 0. The van der Waals surface area contributed by atoms with Gasteiger partial charge in [0.1, 0.15) is 6.04 Å². The van der Waals surface area contributed by atoms with Gasteiger partial charge in [0, 0.05) is 11.9 Å². The molecule has 1 unspecified atom stereocenters. The zero-order chi connectivity index (χ0) is 8.55. The number of methoxy groups -OCH3 is 1. The van der Waals surface area contributed by atoms with E-state index >= 15 is 0 Å². The van der Waals surface area contributed by atoms with Gasteiger partial charge in [0.05, 0.1) is 7.11 Å². The lowest BCUT2D eigenvalue weighted by molar-refractivity contribution is -0.144. The van der Waals surface area contributed by atoms with Crippen LogP contribution in [-0.2, 0) is 16.0 Å². The molecule has 2 rings (SSSR count). The predicted molar refractivity (Wildman–Crippen MR) is 41.6 cm³/mol. The Bertz CT molecular complexity index is 306. The molecule has 1 aliphatic heterocycles. The molecule has 0 fully saturated rings. The fourth-order valence-corrected chi connectivity index (χ4v) is 1.58. The van der Waals surface area contributed by atoms with Gasteiger partial charge in [0.2, 0.25) is 0 Å². The highest BCUT2D eigenvalue weighted by Gasteiger charge is 2.29. The maximum Gasteiger partial charge on any atom is 0.330 e. The van der Waals surface area contributed by atoms with Gasteiger partial charge in [-0.25, -0.2) is 4.79 Å². The van der Waals surface area contributed by atoms with Crippen LogP contribution < -0.4 is 0 Å². The van der Waals surface area contributed by atoms with E-state index in [1.807, 2.05) is 6.07 Å². The lowest BCUT2D eigenvalue weighted by Crippen LogP contribution is -2.18. The molecule has 0 saturated heterocycles. The number of hydrogen-bond donors (Lipinski definition) is 0. The van der Waals surface area contributed by atoms with Crippen molar-refractivity contribution >= 4 is 5.97 Å². The first kappa shape index (κ1) is 7.34. The quantitative estimate of drug-likeness (QED) is 0.572. The van der Waals surface area contributed by atoms with E-state index in [-0.39, 0.29) is 12.0 Å². The number of carbonyl (C=O) groups excluding carboxylic acids is 1. The molecule has 0 radical (unpaired) electrons. The number of fused-ring (bicyclic) bond motifs is 1. The van der Waals surface area contributed by atoms with Crippen LogP contribution in [0.4, 0.5) is 0 Å². The summed E-state index contributed by atoms with van der Waals surface area (Å²) in [4.78, 5) is 11.2. The highest BCUT2D eigenvalue weighted by Crippen LogP contribution is 2.24. The van der Waals surface area contributed by atoms with Crippen molar-refractivity contribution in [1.29, 1.82) is 0 Å². The molecule has 64 valence electrons. The Morgan fingerprint density at radius 3 is 3.42 bits per heavy atom. The van der Waals surface area contributed by atoms with Crippen LogP contribution in [0, 0.1) is 0 Å². The van der Waals surface area contributed by atoms with Crippen LogP contribution in [0.1, 0.15) is 18.2 Å². The third-order valence-corrected chi connectivity index (χ3v) is 2.19. The Labute approximate surface area is 70.1 Å². The molecule has 4 nitrogen and oxygen atoms in total. The third-order valence-electron chi connectivity index (χ3n) is 2.19. The molecule has 0 N–H and O–H groups in total. The molecular weight excluding hydrogens is 156 g/mol. The molecular formula is C8H10N2O2. The van der Waals surface area contributed by atoms with Crippen LogP contribution in [0.3, 0.4) is 0 Å². The van der Waals surface area contributed by atoms with Crippen LogP contribution in [0.2, 0.25) is 0 Å². The molecule has 1 aliphatic rings. The third kappa shape index (κ3) is 0.913. The summed E-state index contributed by atoms with van der Waals surface area (Å²) in [5, 5.41) is 4.06. The van der Waals surface area contributed by atoms with Gasteiger partial charge in [-0.1, -0.05) is 0 Å². The monoisotopic (exact) mass is 166 g/mol. The van der Waals surface area contributed by atoms with E-state index in [0.717, 1.165) is 18.5 Å². The van der Waals surface area contributed by atoms with Crippen molar-refractivity contribution in [3.05, 3.63) is 18.0 Å². The molecule has 1 aromatic rings. The Morgan fingerprint density at radius 1 is 1.83 bits per heavy atom. The summed E-state index contributed by atoms with van der Waals surface area (Å²) in [6, 6.07) is 1.74. The standard InChI is InChI=1S/C8H10N2O2/c1-12-8(11)7-3-2-6-4-5-9-10(6)7/h4-5,7H,2-3H2,1H3. The Hall–Kier alpha value is -1.32. The number of ether oxygens (including phenoxy) is 1. The fourth-order valence-electron chi connectivity index (χ4n) is 1.58. The van der Waals surface area contributed by atoms with Gasteiger partial charge >= 0.3 is 5.97 Å². The summed E-state index contributed by atoms with van der Waals surface area (Å²) in [6.45, 7) is 0. The second kappa shape index (κ2) is 2.62. The van der Waals surface area contributed by atoms with E-state index < -0.39 is 0 Å². The lowest BCUT2D eigenvalue weighted by atomic mass is 10.2. The van der Waals surface area contributed by atoms with Crippen molar-refractivity contribution in [3.63, 3.8) is 0 Å². The number of esters is 1. The molecule has 0 amide bonds. The van der Waals surface area contributed by atoms with E-state index in [2.05, 4.69) is 9.84 Å². The molecule has 1 atom stereocenters. The van der Waals surface area contributed by atoms with Crippen molar-refractivity contribution in [3.8, 4) is 0 Å². The van der Waals surface area contributed by atoms with Gasteiger partial charge in [-0.15, -0.1) is 0 Å². The van der Waals surface area contributed by atoms with E-state index in [4.69, 9.17) is 0 Å². The van der Waals surface area contributed by atoms with Crippen LogP contribution >= 0.6 is 0 Å². The van der Waals surface area contributed by atoms with Crippen LogP contribution in [0.5, 0.6) is 0 Å². The number of aryl methyl sites for hydroxylation is 1. The Balaban J connectivity index is 2.28. The molecule has 12 heavy (non-hydrogen) atoms. The van der Waals surface area contributed by atoms with Crippen molar-refractivity contribution in [2.24, 2.45) is 0 Å². The van der Waals surface area contributed by atoms with Gasteiger partial charge < -0.3 is 4.74 Å². The van der Waals surface area contributed by atoms with Crippen molar-refractivity contribution in [2.45, 2.75) is 18.9 Å². The van der Waals surface area contributed by atoms with Gasteiger partial charge in [0.15, 0.2) is 0 Å². The zero-order valence-corrected chi connectivity index (χ0v) is 6.86. The molecule has 0 bridgehead atoms. The minimum absolute atomic E-state index is 0.194. The minimum Gasteiger partial charge on any atom is -0.467 e. The predicted octanol–water partition coefficient (Wildman–Crippen LogP) is 0.543. The first-order chi connectivity index (χ1) is 5.83. The summed E-state index contributed by atoms with van der Waals surface area (Å²) in [7, 11) is 1.41. The summed E-state index contributed by atoms with van der Waals surface area (Å²) < 4.78 is 6.40. The van der Waals surface area contributed by atoms with Gasteiger partial charge in [-0.3, -0.25) is 4.68 Å². The van der Waals surface area contributed by atoms with Crippen LogP contribution in [0.15, 0.2) is 12.3 Å². The van der Waals surface area contributed by atoms with E-state index in [0.29, 0.717) is 0 Å². The maximum absolute atomic E-state index is 11.2. The highest BCUT2D eigenvalue weighted by molar-refractivity contribution is 5.74. The summed E-state index contributed by atoms with van der Waals surface area (Å²) in [6.07, 6.45) is 3.44. The fraction of sp³-hybridized carbons (Fsp3) is 0.500. The number of rotatable bonds is 1. The van der Waals surface area contributed by atoms with Crippen LogP contribution in [-0.4, -0.2) is 22.9 Å². The topological polar surface area (TPSA) is 44.1 Å². The zero-order valence-electron chi connectivity index (χ0n) is 6.86. The van der Waals surface area contributed by atoms with E-state index in [9.17, 15) is 4.79 Å². The molecule has 2 heterocycles. The van der Waals surface area contributed by atoms with Crippen molar-refractivity contribution in [1.82, 2.24) is 9.78 Å². The highest BCUT2D eigenvalue weighted by atomic mass is 16.5. The van der Waals surface area contributed by atoms with Crippen molar-refractivity contribution < 1.29 is 9.53 Å². The SMILES string of the molecule is COC(=O)C1CCc2ccnn21. The van der Waals surface area contributed by atoms with Crippen molar-refractivity contribution in [2.75, 3.05) is 7.11 Å². The number of aromatic nitrogens is 2. The first-order valence-electron chi connectivity index (χ1n) is 3.93. The lowest BCUT2D eigenvalue weighted by Gasteiger charge is -2.07. The van der Waals surface area contributed by atoms with Gasteiger partial charge in [-0.2, -0.15) is 5.10 Å². The smallest absolute Gasteiger partial charge is 0.330 e. The molecule has 0 spiro atoms. The summed E-state index contributed by atoms with van der Waals surface area (Å²) in [5.74, 6) is -0.197. The largest absolute Gasteiger partial charge is 0.467 e. The first-order valence-corrected chi connectivity index (χ1v) is 3.93. The average Bonchev–Trinajstić information content (AvgIpc) is 2.62. The summed E-state index contributed by atoms with van der Waals surface area (Å²) in [5.41, 5.74) is 1.12. The Kier molecular flexibility index (Phi) is 1.60. The van der Waals surface area contributed by atoms with E-state index in [1.165, 1.54) is 7.11 Å².